The molecule has 0 aromatic carbocycles. The summed E-state index contributed by atoms with van der Waals surface area (Å²) in [5.74, 6) is -0.318. The number of likely N-dealkylation sites (tertiary alicyclic amines) is 1. The minimum absolute atomic E-state index is 0.135. The first-order chi connectivity index (χ1) is 12.7. The van der Waals surface area contributed by atoms with Gasteiger partial charge in [-0.2, -0.15) is 5.26 Å². The van der Waals surface area contributed by atoms with Gasteiger partial charge in [-0.25, -0.2) is 0 Å². The first-order valence-electron chi connectivity index (χ1n) is 9.17. The second-order valence-electron chi connectivity index (χ2n) is 7.79. The zero-order valence-corrected chi connectivity index (χ0v) is 16.0. The van der Waals surface area contributed by atoms with E-state index in [1.165, 1.54) is 6.92 Å². The van der Waals surface area contributed by atoms with Crippen LogP contribution in [0.3, 0.4) is 0 Å². The highest BCUT2D eigenvalue weighted by Crippen LogP contribution is 2.40. The number of aromatic nitrogens is 1. The van der Waals surface area contributed by atoms with Gasteiger partial charge < -0.3 is 24.6 Å². The SMILES string of the molecule is CC(=O)N[C@]1(C)CCOC2(CCN(C(=O)c3cc(C#N)cn3C)CC2)[C@H]1O. The molecule has 1 aromatic rings. The number of rotatable bonds is 2. The molecule has 0 saturated carbocycles. The fraction of sp³-hybridized carbons (Fsp3) is 0.632. The lowest BCUT2D eigenvalue weighted by molar-refractivity contribution is -0.205. The van der Waals surface area contributed by atoms with E-state index in [1.54, 1.807) is 28.8 Å². The number of nitrogens with one attached hydrogen (secondary N) is 1. The zero-order chi connectivity index (χ0) is 19.8. The molecule has 0 radical (unpaired) electrons. The number of piperidine rings is 1. The van der Waals surface area contributed by atoms with E-state index < -0.39 is 17.2 Å². The lowest BCUT2D eigenvalue weighted by Gasteiger charge is -2.53. The van der Waals surface area contributed by atoms with Gasteiger partial charge in [0.1, 0.15) is 17.9 Å². The second-order valence-corrected chi connectivity index (χ2v) is 7.79. The van der Waals surface area contributed by atoms with Crippen LogP contribution in [0.4, 0.5) is 0 Å². The lowest BCUT2D eigenvalue weighted by Crippen LogP contribution is -2.69. The Hall–Kier alpha value is -2.37. The summed E-state index contributed by atoms with van der Waals surface area (Å²) in [5.41, 5.74) is -0.587. The van der Waals surface area contributed by atoms with Gasteiger partial charge in [0, 0.05) is 39.9 Å². The number of ether oxygens (including phenoxy) is 1. The average molecular weight is 374 g/mol. The number of hydrogen-bond donors (Lipinski definition) is 2. The molecule has 3 rings (SSSR count). The van der Waals surface area contributed by atoms with Crippen LogP contribution in [-0.4, -0.2) is 63.3 Å². The highest BCUT2D eigenvalue weighted by molar-refractivity contribution is 5.93. The first-order valence-corrected chi connectivity index (χ1v) is 9.17. The number of carbonyl (C=O) groups is 2. The number of aryl methyl sites for hydroxylation is 1. The molecule has 0 bridgehead atoms. The molecule has 2 aliphatic heterocycles. The molecule has 1 aromatic heterocycles. The molecule has 3 heterocycles. The number of nitriles is 1. The summed E-state index contributed by atoms with van der Waals surface area (Å²) < 4.78 is 7.64. The van der Waals surface area contributed by atoms with E-state index in [4.69, 9.17) is 10.00 Å². The Balaban J connectivity index is 1.72. The number of aliphatic hydroxyl groups is 1. The zero-order valence-electron chi connectivity index (χ0n) is 16.0. The minimum atomic E-state index is -0.847. The maximum atomic E-state index is 12.8. The van der Waals surface area contributed by atoms with Crippen molar-refractivity contribution >= 4 is 11.8 Å². The fourth-order valence-electron chi connectivity index (χ4n) is 4.30. The van der Waals surface area contributed by atoms with E-state index in [0.717, 1.165) is 0 Å². The van der Waals surface area contributed by atoms with Gasteiger partial charge in [0.25, 0.3) is 5.91 Å². The Morgan fingerprint density at radius 1 is 1.37 bits per heavy atom. The largest absolute Gasteiger partial charge is 0.388 e. The van der Waals surface area contributed by atoms with Crippen molar-refractivity contribution in [1.29, 1.82) is 5.26 Å². The molecule has 27 heavy (non-hydrogen) atoms. The summed E-state index contributed by atoms with van der Waals surface area (Å²) in [7, 11) is 1.74. The van der Waals surface area contributed by atoms with Crippen LogP contribution in [0.1, 0.15) is 49.2 Å². The van der Waals surface area contributed by atoms with E-state index >= 15 is 0 Å². The van der Waals surface area contributed by atoms with Crippen molar-refractivity contribution in [2.75, 3.05) is 19.7 Å². The third-order valence-electron chi connectivity index (χ3n) is 5.82. The van der Waals surface area contributed by atoms with Gasteiger partial charge >= 0.3 is 0 Å². The fourth-order valence-corrected chi connectivity index (χ4v) is 4.30. The Morgan fingerprint density at radius 3 is 2.59 bits per heavy atom. The molecule has 2 atom stereocenters. The number of aliphatic hydroxyl groups excluding tert-OH is 1. The van der Waals surface area contributed by atoms with Crippen molar-refractivity contribution in [2.45, 2.75) is 50.4 Å². The molecule has 2 fully saturated rings. The molecule has 2 aliphatic rings. The first kappa shape index (κ1) is 19.4. The van der Waals surface area contributed by atoms with Crippen LogP contribution >= 0.6 is 0 Å². The van der Waals surface area contributed by atoms with Gasteiger partial charge in [-0.3, -0.25) is 9.59 Å². The predicted molar refractivity (Wildman–Crippen MR) is 96.8 cm³/mol. The minimum Gasteiger partial charge on any atom is -0.388 e. The van der Waals surface area contributed by atoms with Crippen LogP contribution in [0.25, 0.3) is 0 Å². The van der Waals surface area contributed by atoms with Crippen LogP contribution < -0.4 is 5.32 Å². The Bertz CT molecular complexity index is 788. The van der Waals surface area contributed by atoms with Crippen molar-refractivity contribution in [3.05, 3.63) is 23.5 Å². The molecule has 8 nitrogen and oxygen atoms in total. The summed E-state index contributed by atoms with van der Waals surface area (Å²) in [6, 6.07) is 3.63. The third-order valence-corrected chi connectivity index (χ3v) is 5.82. The summed E-state index contributed by atoms with van der Waals surface area (Å²) in [4.78, 5) is 26.1. The van der Waals surface area contributed by atoms with Gasteiger partial charge in [0.15, 0.2) is 0 Å². The highest BCUT2D eigenvalue weighted by atomic mass is 16.5. The van der Waals surface area contributed by atoms with Crippen molar-refractivity contribution in [1.82, 2.24) is 14.8 Å². The summed E-state index contributed by atoms with van der Waals surface area (Å²) in [5, 5.41) is 22.9. The summed E-state index contributed by atoms with van der Waals surface area (Å²) >= 11 is 0. The maximum Gasteiger partial charge on any atom is 0.270 e. The number of amides is 2. The van der Waals surface area contributed by atoms with E-state index in [1.807, 2.05) is 13.0 Å². The predicted octanol–water partition coefficient (Wildman–Crippen LogP) is 0.548. The smallest absolute Gasteiger partial charge is 0.270 e. The van der Waals surface area contributed by atoms with Crippen LogP contribution in [-0.2, 0) is 16.6 Å². The molecule has 146 valence electrons. The van der Waals surface area contributed by atoms with Gasteiger partial charge in [-0.15, -0.1) is 0 Å². The van der Waals surface area contributed by atoms with Crippen LogP contribution in [0.15, 0.2) is 12.3 Å². The van der Waals surface area contributed by atoms with Gasteiger partial charge in [0.05, 0.1) is 16.7 Å². The van der Waals surface area contributed by atoms with Crippen LogP contribution in [0, 0.1) is 11.3 Å². The molecular formula is C19H26N4O4. The van der Waals surface area contributed by atoms with Crippen LogP contribution in [0.5, 0.6) is 0 Å². The topological polar surface area (TPSA) is 108 Å². The van der Waals surface area contributed by atoms with Gasteiger partial charge in [-0.05, 0) is 32.3 Å². The normalized spacial score (nSPS) is 27.2. The molecule has 0 unspecified atom stereocenters. The van der Waals surface area contributed by atoms with Crippen molar-refractivity contribution < 1.29 is 19.4 Å². The quantitative estimate of drug-likeness (QED) is 0.786. The summed E-state index contributed by atoms with van der Waals surface area (Å²) in [6.45, 7) is 4.62. The van der Waals surface area contributed by atoms with Gasteiger partial charge in [-0.1, -0.05) is 0 Å². The number of carbonyl (C=O) groups excluding carboxylic acids is 2. The van der Waals surface area contributed by atoms with E-state index in [9.17, 15) is 14.7 Å². The third kappa shape index (κ3) is 3.45. The molecular weight excluding hydrogens is 348 g/mol. The number of hydrogen-bond acceptors (Lipinski definition) is 5. The van der Waals surface area contributed by atoms with E-state index in [-0.39, 0.29) is 11.8 Å². The standard InChI is InChI=1S/C19H26N4O4/c1-13(24)21-18(2)6-9-27-19(17(18)26)4-7-23(8-5-19)16(25)15-10-14(11-20)12-22(15)3/h10,12,17,26H,4-9H2,1-3H3,(H,21,24)/t17-,18+/m0/s1. The maximum absolute atomic E-state index is 12.8. The monoisotopic (exact) mass is 374 g/mol. The molecule has 0 aliphatic carbocycles. The Kier molecular flexibility index (Phi) is 5.02. The molecule has 8 heteroatoms. The number of nitrogens with zero attached hydrogens (tertiary/aromatic N) is 3. The average Bonchev–Trinajstić information content (AvgIpc) is 3.00. The van der Waals surface area contributed by atoms with Crippen molar-refractivity contribution in [3.8, 4) is 6.07 Å². The molecule has 2 saturated heterocycles. The Morgan fingerprint density at radius 2 is 2.04 bits per heavy atom. The van der Waals surface area contributed by atoms with E-state index in [0.29, 0.717) is 50.2 Å². The van der Waals surface area contributed by atoms with E-state index in [2.05, 4.69) is 5.32 Å². The van der Waals surface area contributed by atoms with Gasteiger partial charge in [0.2, 0.25) is 5.91 Å². The second kappa shape index (κ2) is 6.98. The molecule has 2 amide bonds. The molecule has 2 N–H and O–H groups in total. The van der Waals surface area contributed by atoms with Crippen molar-refractivity contribution in [2.24, 2.45) is 7.05 Å². The van der Waals surface area contributed by atoms with Crippen LogP contribution in [0.2, 0.25) is 0 Å². The summed E-state index contributed by atoms with van der Waals surface area (Å²) in [6.07, 6.45) is 2.30. The molecule has 1 spiro atoms. The lowest BCUT2D eigenvalue weighted by atomic mass is 9.73. The highest BCUT2D eigenvalue weighted by Gasteiger charge is 2.54. The Labute approximate surface area is 158 Å². The van der Waals surface area contributed by atoms with Crippen molar-refractivity contribution in [3.63, 3.8) is 0 Å².